The summed E-state index contributed by atoms with van der Waals surface area (Å²) in [5.41, 5.74) is 0. The van der Waals surface area contributed by atoms with Crippen LogP contribution in [0.2, 0.25) is 0 Å². The summed E-state index contributed by atoms with van der Waals surface area (Å²) in [6.45, 7) is 2.72. The Morgan fingerprint density at radius 3 is 2.60 bits per heavy atom. The van der Waals surface area contributed by atoms with Crippen LogP contribution in [0.15, 0.2) is 0 Å². The van der Waals surface area contributed by atoms with Gasteiger partial charge in [0, 0.05) is 13.0 Å². The molecule has 0 heterocycles. The Hall–Kier alpha value is -0.920. The first kappa shape index (κ1) is 9.08. The molecule has 0 fully saturated rings. The van der Waals surface area contributed by atoms with Gasteiger partial charge in [-0.3, -0.25) is 0 Å². The molecule has 0 aliphatic carbocycles. The van der Waals surface area contributed by atoms with Crippen LogP contribution in [0.1, 0.15) is 19.8 Å². The molecular formula is C9H12O. The normalized spacial score (nSPS) is 11.5. The smallest absolute Gasteiger partial charge is 0.128 e. The Morgan fingerprint density at radius 1 is 1.50 bits per heavy atom. The number of hydrogen-bond donors (Lipinski definition) is 0. The van der Waals surface area contributed by atoms with E-state index in [0.29, 0.717) is 13.0 Å². The largest absolute Gasteiger partial charge is 0.365 e. The number of ether oxygens (including phenoxy) is 1. The second-order valence-electron chi connectivity index (χ2n) is 1.93. The van der Waals surface area contributed by atoms with Gasteiger partial charge in [0.15, 0.2) is 0 Å². The first-order chi connectivity index (χ1) is 4.85. The quantitative estimate of drug-likeness (QED) is 0.531. The van der Waals surface area contributed by atoms with Crippen LogP contribution < -0.4 is 0 Å². The zero-order chi connectivity index (χ0) is 7.82. The van der Waals surface area contributed by atoms with Crippen molar-refractivity contribution in [1.82, 2.24) is 0 Å². The van der Waals surface area contributed by atoms with Crippen LogP contribution in [0.3, 0.4) is 0 Å². The summed E-state index contributed by atoms with van der Waals surface area (Å²) in [5, 5.41) is 0. The Morgan fingerprint density at radius 2 is 2.20 bits per heavy atom. The van der Waals surface area contributed by atoms with Gasteiger partial charge in [0.2, 0.25) is 0 Å². The van der Waals surface area contributed by atoms with Crippen molar-refractivity contribution in [2.45, 2.75) is 25.9 Å². The molecule has 0 N–H and O–H groups in total. The maximum Gasteiger partial charge on any atom is 0.128 e. The van der Waals surface area contributed by atoms with E-state index in [1.54, 1.807) is 0 Å². The third kappa shape index (κ3) is 4.01. The molecule has 0 rings (SSSR count). The third-order valence-electron chi connectivity index (χ3n) is 1.01. The molecule has 1 heteroatoms. The van der Waals surface area contributed by atoms with Gasteiger partial charge in [-0.1, -0.05) is 12.8 Å². The lowest BCUT2D eigenvalue weighted by Gasteiger charge is -2.06. The van der Waals surface area contributed by atoms with Crippen LogP contribution in [0, 0.1) is 24.7 Å². The molecule has 0 saturated carbocycles. The molecule has 0 radical (unpaired) electrons. The molecular weight excluding hydrogens is 124 g/mol. The lowest BCUT2D eigenvalue weighted by molar-refractivity contribution is 0.0954. The molecule has 1 nitrogen and oxygen atoms in total. The molecule has 0 spiro atoms. The van der Waals surface area contributed by atoms with Gasteiger partial charge in [0.1, 0.15) is 6.10 Å². The predicted molar refractivity (Wildman–Crippen MR) is 42.3 cm³/mol. The predicted octanol–water partition coefficient (Wildman–Crippen LogP) is 1.44. The van der Waals surface area contributed by atoms with Gasteiger partial charge in [-0.2, -0.15) is 0 Å². The molecule has 1 atom stereocenters. The molecule has 0 aliphatic heterocycles. The minimum absolute atomic E-state index is 0.190. The van der Waals surface area contributed by atoms with Crippen LogP contribution in [-0.2, 0) is 4.74 Å². The lowest BCUT2D eigenvalue weighted by Crippen LogP contribution is -2.09. The molecule has 0 bridgehead atoms. The van der Waals surface area contributed by atoms with E-state index in [4.69, 9.17) is 17.6 Å². The summed E-state index contributed by atoms with van der Waals surface area (Å²) in [6, 6.07) is 0. The van der Waals surface area contributed by atoms with Crippen molar-refractivity contribution in [3.05, 3.63) is 0 Å². The first-order valence-corrected chi connectivity index (χ1v) is 3.36. The molecule has 0 aromatic carbocycles. The number of rotatable bonds is 4. The number of hydrogen-bond acceptors (Lipinski definition) is 1. The summed E-state index contributed by atoms with van der Waals surface area (Å²) < 4.78 is 5.20. The van der Waals surface area contributed by atoms with Gasteiger partial charge in [-0.05, 0) is 6.42 Å². The van der Waals surface area contributed by atoms with Gasteiger partial charge in [0.25, 0.3) is 0 Å². The highest BCUT2D eigenvalue weighted by molar-refractivity contribution is 5.01. The lowest BCUT2D eigenvalue weighted by atomic mass is 10.3. The highest BCUT2D eigenvalue weighted by Gasteiger charge is 1.99. The van der Waals surface area contributed by atoms with E-state index < -0.39 is 0 Å². The van der Waals surface area contributed by atoms with Crippen molar-refractivity contribution in [1.29, 1.82) is 0 Å². The Bertz CT molecular complexity index is 147. The molecule has 0 amide bonds. The Balaban J connectivity index is 3.45. The average molecular weight is 136 g/mol. The second kappa shape index (κ2) is 6.20. The molecule has 0 aromatic heterocycles. The van der Waals surface area contributed by atoms with Crippen molar-refractivity contribution in [2.24, 2.45) is 0 Å². The van der Waals surface area contributed by atoms with Gasteiger partial charge < -0.3 is 4.74 Å². The zero-order valence-electron chi connectivity index (χ0n) is 6.26. The summed E-state index contributed by atoms with van der Waals surface area (Å²) in [6.07, 6.45) is 11.5. The molecule has 0 aromatic rings. The van der Waals surface area contributed by atoms with Crippen LogP contribution in [0.5, 0.6) is 0 Å². The van der Waals surface area contributed by atoms with Crippen molar-refractivity contribution in [3.8, 4) is 24.7 Å². The van der Waals surface area contributed by atoms with Gasteiger partial charge in [-0.25, -0.2) is 0 Å². The molecule has 0 aliphatic rings. The van der Waals surface area contributed by atoms with Crippen LogP contribution in [0.25, 0.3) is 0 Å². The summed E-state index contributed by atoms with van der Waals surface area (Å²) >= 11 is 0. The van der Waals surface area contributed by atoms with Crippen LogP contribution >= 0.6 is 0 Å². The van der Waals surface area contributed by atoms with E-state index >= 15 is 0 Å². The first-order valence-electron chi connectivity index (χ1n) is 3.36. The summed E-state index contributed by atoms with van der Waals surface area (Å²) in [4.78, 5) is 0. The fourth-order valence-corrected chi connectivity index (χ4v) is 0.533. The van der Waals surface area contributed by atoms with E-state index in [-0.39, 0.29) is 6.10 Å². The molecule has 1 unspecified atom stereocenters. The van der Waals surface area contributed by atoms with Crippen molar-refractivity contribution < 1.29 is 4.74 Å². The van der Waals surface area contributed by atoms with Crippen LogP contribution in [0.4, 0.5) is 0 Å². The Kier molecular flexibility index (Phi) is 5.63. The van der Waals surface area contributed by atoms with Gasteiger partial charge >= 0.3 is 0 Å². The topological polar surface area (TPSA) is 9.23 Å². The van der Waals surface area contributed by atoms with Crippen molar-refractivity contribution >= 4 is 0 Å². The minimum atomic E-state index is -0.190. The average Bonchev–Trinajstić information content (AvgIpc) is 1.98. The molecule has 0 saturated heterocycles. The Labute approximate surface area is 62.8 Å². The van der Waals surface area contributed by atoms with E-state index in [1.165, 1.54) is 0 Å². The zero-order valence-corrected chi connectivity index (χ0v) is 6.26. The molecule has 54 valence electrons. The van der Waals surface area contributed by atoms with E-state index in [1.807, 2.05) is 6.92 Å². The fraction of sp³-hybridized carbons (Fsp3) is 0.556. The SMILES string of the molecule is C#CCC(C#C)OCCC. The molecule has 10 heavy (non-hydrogen) atoms. The minimum Gasteiger partial charge on any atom is -0.365 e. The van der Waals surface area contributed by atoms with Gasteiger partial charge in [-0.15, -0.1) is 18.8 Å². The van der Waals surface area contributed by atoms with E-state index in [0.717, 1.165) is 6.42 Å². The van der Waals surface area contributed by atoms with E-state index in [2.05, 4.69) is 11.8 Å². The highest BCUT2D eigenvalue weighted by Crippen LogP contribution is 1.95. The monoisotopic (exact) mass is 136 g/mol. The fourth-order valence-electron chi connectivity index (χ4n) is 0.533. The summed E-state index contributed by atoms with van der Waals surface area (Å²) in [7, 11) is 0. The number of terminal acetylenes is 2. The summed E-state index contributed by atoms with van der Waals surface area (Å²) in [5.74, 6) is 4.93. The second-order valence-corrected chi connectivity index (χ2v) is 1.93. The maximum atomic E-state index is 5.20. The van der Waals surface area contributed by atoms with Crippen LogP contribution in [-0.4, -0.2) is 12.7 Å². The van der Waals surface area contributed by atoms with E-state index in [9.17, 15) is 0 Å². The highest BCUT2D eigenvalue weighted by atomic mass is 16.5. The van der Waals surface area contributed by atoms with Crippen molar-refractivity contribution in [2.75, 3.05) is 6.61 Å². The standard InChI is InChI=1S/C9H12O/c1-4-7-9(6-3)10-8-5-2/h1,3,9H,5,7-8H2,2H3. The van der Waals surface area contributed by atoms with Gasteiger partial charge in [0.05, 0.1) is 0 Å². The van der Waals surface area contributed by atoms with Crippen molar-refractivity contribution in [3.63, 3.8) is 0 Å². The maximum absolute atomic E-state index is 5.20. The third-order valence-corrected chi connectivity index (χ3v) is 1.01.